The van der Waals surface area contributed by atoms with Crippen molar-refractivity contribution in [2.45, 2.75) is 6.61 Å². The molecule has 0 fully saturated rings. The Balaban J connectivity index is 2.44. The number of hydrazine groups is 1. The summed E-state index contributed by atoms with van der Waals surface area (Å²) >= 11 is 0. The molecule has 0 heterocycles. The van der Waals surface area contributed by atoms with Gasteiger partial charge in [-0.3, -0.25) is 16.0 Å². The highest BCUT2D eigenvalue weighted by atomic mass is 16.6. The van der Waals surface area contributed by atoms with E-state index in [4.69, 9.17) is 20.1 Å². The van der Waals surface area contributed by atoms with Crippen molar-refractivity contribution in [3.63, 3.8) is 0 Å². The number of nitro groups is 1. The lowest BCUT2D eigenvalue weighted by atomic mass is 10.1. The topological polar surface area (TPSA) is 109 Å². The van der Waals surface area contributed by atoms with Gasteiger partial charge in [-0.15, -0.1) is 0 Å². The van der Waals surface area contributed by atoms with Gasteiger partial charge in [0.25, 0.3) is 5.69 Å². The molecule has 3 N–H and O–H groups in total. The maximum Gasteiger partial charge on any atom is 0.294 e. The lowest BCUT2D eigenvalue weighted by Crippen LogP contribution is -2.13. The molecule has 0 bridgehead atoms. The van der Waals surface area contributed by atoms with Crippen molar-refractivity contribution in [1.29, 1.82) is 0 Å². The van der Waals surface area contributed by atoms with E-state index in [0.717, 1.165) is 0 Å². The Labute approximate surface area is 116 Å². The van der Waals surface area contributed by atoms with Gasteiger partial charge in [-0.25, -0.2) is 0 Å². The summed E-state index contributed by atoms with van der Waals surface area (Å²) in [7, 11) is 1.60. The number of methoxy groups -OCH3 is 1. The molecule has 0 atom stereocenters. The minimum absolute atomic E-state index is 0.0788. The summed E-state index contributed by atoms with van der Waals surface area (Å²) in [5.41, 5.74) is 3.15. The van der Waals surface area contributed by atoms with Gasteiger partial charge in [0.05, 0.1) is 38.0 Å². The first-order valence-electron chi connectivity index (χ1n) is 6.08. The zero-order valence-electron chi connectivity index (χ0n) is 11.3. The number of benzene rings is 1. The molecule has 0 aliphatic carbocycles. The molecule has 112 valence electrons. The zero-order valence-corrected chi connectivity index (χ0v) is 11.3. The number of anilines is 1. The Hall–Kier alpha value is -1.74. The number of hydrogen-bond donors (Lipinski definition) is 2. The van der Waals surface area contributed by atoms with Crippen LogP contribution < -0.4 is 11.3 Å². The number of nitro benzene ring substituents is 1. The standard InChI is InChI=1S/C12H19N3O5/c1-18-5-6-19-7-8-20-9-10-3-2-4-11(15(16)17)12(10)14-13/h2-4,14H,5-9,13H2,1H3. The third kappa shape index (κ3) is 5.10. The Kier molecular flexibility index (Phi) is 7.51. The number of ether oxygens (including phenoxy) is 3. The van der Waals surface area contributed by atoms with Crippen molar-refractivity contribution in [1.82, 2.24) is 0 Å². The molecule has 8 nitrogen and oxygen atoms in total. The summed E-state index contributed by atoms with van der Waals surface area (Å²) in [5, 5.41) is 10.8. The van der Waals surface area contributed by atoms with Crippen LogP contribution in [0.5, 0.6) is 0 Å². The average Bonchev–Trinajstić information content (AvgIpc) is 2.45. The van der Waals surface area contributed by atoms with Crippen LogP contribution in [0.3, 0.4) is 0 Å². The molecule has 0 aromatic heterocycles. The molecule has 0 aliphatic rings. The van der Waals surface area contributed by atoms with E-state index >= 15 is 0 Å². The van der Waals surface area contributed by atoms with Crippen molar-refractivity contribution in [3.05, 3.63) is 33.9 Å². The lowest BCUT2D eigenvalue weighted by molar-refractivity contribution is -0.384. The first-order chi connectivity index (χ1) is 9.70. The van der Waals surface area contributed by atoms with E-state index in [9.17, 15) is 10.1 Å². The van der Waals surface area contributed by atoms with Gasteiger partial charge in [0, 0.05) is 18.7 Å². The SMILES string of the molecule is COCCOCCOCc1cccc([N+](=O)[O-])c1NN. The van der Waals surface area contributed by atoms with Crippen LogP contribution in [0.25, 0.3) is 0 Å². The van der Waals surface area contributed by atoms with Gasteiger partial charge in [0.2, 0.25) is 0 Å². The summed E-state index contributed by atoms with van der Waals surface area (Å²) in [6.07, 6.45) is 0. The third-order valence-corrected chi connectivity index (χ3v) is 2.53. The van der Waals surface area contributed by atoms with Crippen LogP contribution in [0.15, 0.2) is 18.2 Å². The molecule has 1 aromatic carbocycles. The normalized spacial score (nSPS) is 10.5. The second-order valence-corrected chi connectivity index (χ2v) is 3.87. The number of nitrogens with one attached hydrogen (secondary N) is 1. The number of hydrogen-bond acceptors (Lipinski definition) is 7. The van der Waals surface area contributed by atoms with Crippen LogP contribution in [-0.4, -0.2) is 38.5 Å². The van der Waals surface area contributed by atoms with Crippen LogP contribution >= 0.6 is 0 Å². The van der Waals surface area contributed by atoms with Gasteiger partial charge >= 0.3 is 0 Å². The van der Waals surface area contributed by atoms with E-state index in [1.54, 1.807) is 19.2 Å². The first kappa shape index (κ1) is 16.3. The zero-order chi connectivity index (χ0) is 14.8. The molecular formula is C12H19N3O5. The minimum atomic E-state index is -0.493. The highest BCUT2D eigenvalue weighted by Crippen LogP contribution is 2.27. The van der Waals surface area contributed by atoms with E-state index in [2.05, 4.69) is 5.43 Å². The molecule has 0 aliphatic heterocycles. The smallest absolute Gasteiger partial charge is 0.294 e. The van der Waals surface area contributed by atoms with Gasteiger partial charge in [-0.2, -0.15) is 0 Å². The van der Waals surface area contributed by atoms with Crippen molar-refractivity contribution in [2.24, 2.45) is 5.84 Å². The molecular weight excluding hydrogens is 266 g/mol. The highest BCUT2D eigenvalue weighted by molar-refractivity contribution is 5.65. The van der Waals surface area contributed by atoms with E-state index in [1.165, 1.54) is 6.07 Å². The second-order valence-electron chi connectivity index (χ2n) is 3.87. The van der Waals surface area contributed by atoms with Gasteiger partial charge in [-0.1, -0.05) is 12.1 Å². The van der Waals surface area contributed by atoms with Crippen molar-refractivity contribution < 1.29 is 19.1 Å². The fraction of sp³-hybridized carbons (Fsp3) is 0.500. The summed E-state index contributed by atoms with van der Waals surface area (Å²) in [6, 6.07) is 4.69. The monoisotopic (exact) mass is 285 g/mol. The first-order valence-corrected chi connectivity index (χ1v) is 6.08. The molecule has 0 unspecified atom stereocenters. The fourth-order valence-electron chi connectivity index (χ4n) is 1.57. The maximum absolute atomic E-state index is 10.8. The van der Waals surface area contributed by atoms with Crippen molar-refractivity contribution >= 4 is 11.4 Å². The summed E-state index contributed by atoms with van der Waals surface area (Å²) in [4.78, 5) is 10.4. The van der Waals surface area contributed by atoms with E-state index in [1.807, 2.05) is 0 Å². The Morgan fingerprint density at radius 2 is 1.95 bits per heavy atom. The molecule has 0 amide bonds. The van der Waals surface area contributed by atoms with Gasteiger partial charge in [0.15, 0.2) is 0 Å². The Morgan fingerprint density at radius 3 is 2.60 bits per heavy atom. The van der Waals surface area contributed by atoms with Gasteiger partial charge < -0.3 is 19.6 Å². The van der Waals surface area contributed by atoms with Crippen LogP contribution in [0.4, 0.5) is 11.4 Å². The van der Waals surface area contributed by atoms with Crippen LogP contribution in [0.2, 0.25) is 0 Å². The Bertz CT molecular complexity index is 428. The molecule has 1 aromatic rings. The van der Waals surface area contributed by atoms with Gasteiger partial charge in [-0.05, 0) is 0 Å². The quantitative estimate of drug-likeness (QED) is 0.286. The number of para-hydroxylation sites is 1. The molecule has 0 radical (unpaired) electrons. The number of nitrogens with two attached hydrogens (primary N) is 1. The largest absolute Gasteiger partial charge is 0.382 e. The number of nitrogen functional groups attached to an aromatic ring is 1. The molecule has 0 saturated carbocycles. The molecule has 20 heavy (non-hydrogen) atoms. The minimum Gasteiger partial charge on any atom is -0.382 e. The molecule has 0 spiro atoms. The van der Waals surface area contributed by atoms with Crippen molar-refractivity contribution in [2.75, 3.05) is 39.0 Å². The Morgan fingerprint density at radius 1 is 1.25 bits per heavy atom. The average molecular weight is 285 g/mol. The molecule has 8 heteroatoms. The predicted octanol–water partition coefficient (Wildman–Crippen LogP) is 1.06. The van der Waals surface area contributed by atoms with Crippen LogP contribution in [-0.2, 0) is 20.8 Å². The highest BCUT2D eigenvalue weighted by Gasteiger charge is 2.16. The third-order valence-electron chi connectivity index (χ3n) is 2.53. The number of rotatable bonds is 10. The molecule has 0 saturated heterocycles. The lowest BCUT2D eigenvalue weighted by Gasteiger charge is -2.10. The van der Waals surface area contributed by atoms with Crippen LogP contribution in [0, 0.1) is 10.1 Å². The van der Waals surface area contributed by atoms with E-state index in [0.29, 0.717) is 32.0 Å². The van der Waals surface area contributed by atoms with Crippen LogP contribution in [0.1, 0.15) is 5.56 Å². The summed E-state index contributed by atoms with van der Waals surface area (Å²) in [6.45, 7) is 2.08. The molecule has 1 rings (SSSR count). The van der Waals surface area contributed by atoms with E-state index < -0.39 is 4.92 Å². The fourth-order valence-corrected chi connectivity index (χ4v) is 1.57. The predicted molar refractivity (Wildman–Crippen MR) is 73.3 cm³/mol. The number of nitrogens with zero attached hydrogens (tertiary/aromatic N) is 1. The van der Waals surface area contributed by atoms with Gasteiger partial charge in [0.1, 0.15) is 5.69 Å². The summed E-state index contributed by atoms with van der Waals surface area (Å²) in [5.74, 6) is 5.33. The second kappa shape index (κ2) is 9.21. The maximum atomic E-state index is 10.8. The van der Waals surface area contributed by atoms with Crippen molar-refractivity contribution in [3.8, 4) is 0 Å². The van der Waals surface area contributed by atoms with E-state index in [-0.39, 0.29) is 18.0 Å². The summed E-state index contributed by atoms with van der Waals surface area (Å²) < 4.78 is 15.5.